The summed E-state index contributed by atoms with van der Waals surface area (Å²) < 4.78 is 12.0. The lowest BCUT2D eigenvalue weighted by Crippen LogP contribution is -2.29. The van der Waals surface area contributed by atoms with E-state index in [1.165, 1.54) is 5.56 Å². The standard InChI is InChI=1S/C21H25NO2/c1-2-18-10-6-7-13-20(18)23-17-9-16-22-15-8-14-21(22)24-19-11-4-3-5-12-19/h3-7,9-13,16,21H,2,8,14-15,17H2,1H3/b16-9+/t21-/m0/s1. The third kappa shape index (κ3) is 4.31. The highest BCUT2D eigenvalue weighted by atomic mass is 16.5. The molecule has 3 nitrogen and oxygen atoms in total. The Kier molecular flexibility index (Phi) is 5.78. The zero-order valence-corrected chi connectivity index (χ0v) is 14.2. The lowest BCUT2D eigenvalue weighted by atomic mass is 10.1. The van der Waals surface area contributed by atoms with E-state index in [0.717, 1.165) is 37.3 Å². The Bertz CT molecular complexity index is 654. The van der Waals surface area contributed by atoms with Crippen LogP contribution in [-0.2, 0) is 6.42 Å². The summed E-state index contributed by atoms with van der Waals surface area (Å²) in [4.78, 5) is 2.25. The highest BCUT2D eigenvalue weighted by Crippen LogP contribution is 2.22. The molecule has 0 aromatic heterocycles. The average molecular weight is 323 g/mol. The molecule has 1 saturated heterocycles. The lowest BCUT2D eigenvalue weighted by molar-refractivity contribution is 0.0962. The first-order chi connectivity index (χ1) is 11.9. The van der Waals surface area contributed by atoms with Gasteiger partial charge in [0.05, 0.1) is 0 Å². The lowest BCUT2D eigenvalue weighted by Gasteiger charge is -2.23. The monoisotopic (exact) mass is 323 g/mol. The topological polar surface area (TPSA) is 21.7 Å². The molecule has 3 heteroatoms. The van der Waals surface area contributed by atoms with Gasteiger partial charge in [-0.3, -0.25) is 0 Å². The van der Waals surface area contributed by atoms with Crippen molar-refractivity contribution in [1.29, 1.82) is 0 Å². The molecule has 1 aliphatic heterocycles. The highest BCUT2D eigenvalue weighted by molar-refractivity contribution is 5.33. The van der Waals surface area contributed by atoms with E-state index in [4.69, 9.17) is 9.47 Å². The first-order valence-electron chi connectivity index (χ1n) is 8.71. The van der Waals surface area contributed by atoms with E-state index in [1.54, 1.807) is 0 Å². The fourth-order valence-corrected chi connectivity index (χ4v) is 2.96. The van der Waals surface area contributed by atoms with Crippen LogP contribution in [0.5, 0.6) is 11.5 Å². The van der Waals surface area contributed by atoms with Crippen LogP contribution >= 0.6 is 0 Å². The van der Waals surface area contributed by atoms with Gasteiger partial charge in [0.25, 0.3) is 0 Å². The number of rotatable bonds is 7. The van der Waals surface area contributed by atoms with Crippen LogP contribution < -0.4 is 9.47 Å². The highest BCUT2D eigenvalue weighted by Gasteiger charge is 2.23. The summed E-state index contributed by atoms with van der Waals surface area (Å²) >= 11 is 0. The molecule has 0 unspecified atom stereocenters. The van der Waals surface area contributed by atoms with Crippen LogP contribution in [0.3, 0.4) is 0 Å². The van der Waals surface area contributed by atoms with Crippen molar-refractivity contribution in [1.82, 2.24) is 4.90 Å². The average Bonchev–Trinajstić information content (AvgIpc) is 3.07. The number of hydrogen-bond donors (Lipinski definition) is 0. The predicted molar refractivity (Wildman–Crippen MR) is 97.3 cm³/mol. The molecule has 1 fully saturated rings. The van der Waals surface area contributed by atoms with E-state index in [-0.39, 0.29) is 6.23 Å². The van der Waals surface area contributed by atoms with Crippen molar-refractivity contribution >= 4 is 0 Å². The molecule has 0 radical (unpaired) electrons. The van der Waals surface area contributed by atoms with Gasteiger partial charge in [-0.2, -0.15) is 0 Å². The van der Waals surface area contributed by atoms with Crippen LogP contribution in [0.1, 0.15) is 25.3 Å². The molecule has 2 aromatic rings. The van der Waals surface area contributed by atoms with Crippen LogP contribution in [0.2, 0.25) is 0 Å². The van der Waals surface area contributed by atoms with Gasteiger partial charge in [-0.1, -0.05) is 43.3 Å². The number of para-hydroxylation sites is 2. The summed E-state index contributed by atoms with van der Waals surface area (Å²) in [6.45, 7) is 3.75. The summed E-state index contributed by atoms with van der Waals surface area (Å²) in [5, 5.41) is 0. The van der Waals surface area contributed by atoms with Gasteiger partial charge in [0.2, 0.25) is 0 Å². The van der Waals surface area contributed by atoms with Gasteiger partial charge in [-0.25, -0.2) is 0 Å². The van der Waals surface area contributed by atoms with E-state index < -0.39 is 0 Å². The number of aryl methyl sites for hydroxylation is 1. The van der Waals surface area contributed by atoms with Crippen molar-refractivity contribution in [2.75, 3.05) is 13.2 Å². The maximum absolute atomic E-state index is 6.07. The van der Waals surface area contributed by atoms with Crippen molar-refractivity contribution < 1.29 is 9.47 Å². The second kappa shape index (κ2) is 8.44. The van der Waals surface area contributed by atoms with Crippen LogP contribution in [0.15, 0.2) is 66.9 Å². The molecule has 126 valence electrons. The molecule has 0 N–H and O–H groups in total. The maximum Gasteiger partial charge on any atom is 0.171 e. The fraction of sp³-hybridized carbons (Fsp3) is 0.333. The third-order valence-corrected chi connectivity index (χ3v) is 4.24. The molecular weight excluding hydrogens is 298 g/mol. The Morgan fingerprint density at radius 1 is 1.08 bits per heavy atom. The van der Waals surface area contributed by atoms with Crippen LogP contribution in [0.25, 0.3) is 0 Å². The fourth-order valence-electron chi connectivity index (χ4n) is 2.96. The van der Waals surface area contributed by atoms with E-state index in [2.05, 4.69) is 36.2 Å². The minimum atomic E-state index is 0.117. The van der Waals surface area contributed by atoms with E-state index in [1.807, 2.05) is 42.5 Å². The molecule has 0 saturated carbocycles. The molecule has 0 bridgehead atoms. The van der Waals surface area contributed by atoms with Crippen LogP contribution in [0, 0.1) is 0 Å². The normalized spacial score (nSPS) is 17.4. The van der Waals surface area contributed by atoms with Crippen molar-refractivity contribution in [3.63, 3.8) is 0 Å². The summed E-state index contributed by atoms with van der Waals surface area (Å²) in [5.74, 6) is 1.90. The Labute approximate surface area is 144 Å². The van der Waals surface area contributed by atoms with Crippen molar-refractivity contribution in [3.05, 3.63) is 72.4 Å². The van der Waals surface area contributed by atoms with Crippen molar-refractivity contribution in [3.8, 4) is 11.5 Å². The molecule has 2 aromatic carbocycles. The van der Waals surface area contributed by atoms with Gasteiger partial charge in [0, 0.05) is 19.2 Å². The quantitative estimate of drug-likeness (QED) is 0.741. The Balaban J connectivity index is 1.52. The van der Waals surface area contributed by atoms with Crippen molar-refractivity contribution in [2.45, 2.75) is 32.4 Å². The van der Waals surface area contributed by atoms with Gasteiger partial charge < -0.3 is 14.4 Å². The predicted octanol–water partition coefficient (Wildman–Crippen LogP) is 4.64. The maximum atomic E-state index is 6.07. The summed E-state index contributed by atoms with van der Waals surface area (Å²) in [6.07, 6.45) is 7.49. The molecule has 3 rings (SSSR count). The molecule has 1 aliphatic rings. The van der Waals surface area contributed by atoms with Gasteiger partial charge in [0.15, 0.2) is 6.23 Å². The second-order valence-corrected chi connectivity index (χ2v) is 5.92. The summed E-state index contributed by atoms with van der Waals surface area (Å²) in [5.41, 5.74) is 1.25. The first-order valence-corrected chi connectivity index (χ1v) is 8.71. The second-order valence-electron chi connectivity index (χ2n) is 5.92. The largest absolute Gasteiger partial charge is 0.489 e. The molecule has 0 spiro atoms. The molecule has 0 aliphatic carbocycles. The van der Waals surface area contributed by atoms with Gasteiger partial charge in [0.1, 0.15) is 18.1 Å². The molecule has 1 atom stereocenters. The number of benzene rings is 2. The van der Waals surface area contributed by atoms with Crippen molar-refractivity contribution in [2.24, 2.45) is 0 Å². The minimum absolute atomic E-state index is 0.117. The molecule has 0 amide bonds. The summed E-state index contributed by atoms with van der Waals surface area (Å²) in [6, 6.07) is 18.2. The molecule has 1 heterocycles. The smallest absolute Gasteiger partial charge is 0.171 e. The molecule has 24 heavy (non-hydrogen) atoms. The zero-order chi connectivity index (χ0) is 16.6. The van der Waals surface area contributed by atoms with E-state index >= 15 is 0 Å². The zero-order valence-electron chi connectivity index (χ0n) is 14.2. The van der Waals surface area contributed by atoms with Gasteiger partial charge in [-0.15, -0.1) is 0 Å². The minimum Gasteiger partial charge on any atom is -0.489 e. The van der Waals surface area contributed by atoms with E-state index in [0.29, 0.717) is 6.61 Å². The third-order valence-electron chi connectivity index (χ3n) is 4.24. The molecular formula is C21H25NO2. The first kappa shape index (κ1) is 16.4. The van der Waals surface area contributed by atoms with E-state index in [9.17, 15) is 0 Å². The number of likely N-dealkylation sites (tertiary alicyclic amines) is 1. The Morgan fingerprint density at radius 2 is 1.88 bits per heavy atom. The number of hydrogen-bond acceptors (Lipinski definition) is 3. The SMILES string of the molecule is CCc1ccccc1OC/C=C/N1CCC[C@@H]1Oc1ccccc1. The van der Waals surface area contributed by atoms with Gasteiger partial charge in [-0.05, 0) is 42.7 Å². The van der Waals surface area contributed by atoms with Crippen LogP contribution in [0.4, 0.5) is 0 Å². The van der Waals surface area contributed by atoms with Crippen LogP contribution in [-0.4, -0.2) is 24.3 Å². The number of ether oxygens (including phenoxy) is 2. The number of nitrogens with zero attached hydrogens (tertiary/aromatic N) is 1. The Hall–Kier alpha value is -2.42. The summed E-state index contributed by atoms with van der Waals surface area (Å²) in [7, 11) is 0. The van der Waals surface area contributed by atoms with Gasteiger partial charge >= 0.3 is 0 Å². The Morgan fingerprint density at radius 3 is 2.71 bits per heavy atom.